The first kappa shape index (κ1) is 9.46. The molecule has 0 aliphatic rings. The molecule has 15 heavy (non-hydrogen) atoms. The van der Waals surface area contributed by atoms with Crippen molar-refractivity contribution in [1.29, 1.82) is 0 Å². The Bertz CT molecular complexity index is 496. The maximum absolute atomic E-state index is 5.23. The first-order chi connectivity index (χ1) is 7.31. The number of hydrogen-bond acceptors (Lipinski definition) is 4. The van der Waals surface area contributed by atoms with E-state index in [-0.39, 0.29) is 6.04 Å². The van der Waals surface area contributed by atoms with Crippen LogP contribution in [0.2, 0.25) is 0 Å². The van der Waals surface area contributed by atoms with Crippen molar-refractivity contribution in [3.05, 3.63) is 18.7 Å². The molecule has 0 spiro atoms. The number of terminal acetylenes is 1. The number of hydrogen-bond donors (Lipinski definition) is 1. The second-order valence-corrected chi connectivity index (χ2v) is 3.29. The molecule has 2 heterocycles. The van der Waals surface area contributed by atoms with Crippen molar-refractivity contribution < 1.29 is 0 Å². The zero-order valence-corrected chi connectivity index (χ0v) is 8.38. The van der Waals surface area contributed by atoms with Gasteiger partial charge in [0, 0.05) is 24.9 Å². The number of nitrogens with zero attached hydrogens (tertiary/aromatic N) is 4. The quantitative estimate of drug-likeness (QED) is 0.751. The highest BCUT2D eigenvalue weighted by molar-refractivity contribution is 5.61. The zero-order valence-electron chi connectivity index (χ0n) is 8.38. The Hall–Kier alpha value is -2.09. The lowest BCUT2D eigenvalue weighted by atomic mass is 10.2. The van der Waals surface area contributed by atoms with Crippen molar-refractivity contribution in [2.24, 2.45) is 0 Å². The highest BCUT2D eigenvalue weighted by Crippen LogP contribution is 2.11. The molecular weight excluding hydrogens is 190 g/mol. The van der Waals surface area contributed by atoms with Gasteiger partial charge in [-0.3, -0.25) is 4.40 Å². The minimum Gasteiger partial charge on any atom is -0.364 e. The van der Waals surface area contributed by atoms with Crippen LogP contribution in [0.5, 0.6) is 0 Å². The lowest BCUT2D eigenvalue weighted by Gasteiger charge is -2.11. The van der Waals surface area contributed by atoms with E-state index in [2.05, 4.69) is 26.4 Å². The van der Waals surface area contributed by atoms with Gasteiger partial charge in [-0.25, -0.2) is 4.98 Å². The van der Waals surface area contributed by atoms with Crippen LogP contribution < -0.4 is 5.32 Å². The van der Waals surface area contributed by atoms with Gasteiger partial charge in [0.05, 0.1) is 0 Å². The van der Waals surface area contributed by atoms with Crippen LogP contribution in [0.4, 0.5) is 5.82 Å². The van der Waals surface area contributed by atoms with Crippen molar-refractivity contribution in [1.82, 2.24) is 19.6 Å². The number of fused-ring (bicyclic) bond motifs is 1. The third kappa shape index (κ3) is 1.89. The molecule has 5 nitrogen and oxygen atoms in total. The molecule has 2 aromatic rings. The predicted molar refractivity (Wildman–Crippen MR) is 57.3 cm³/mol. The fourth-order valence-electron chi connectivity index (χ4n) is 1.32. The molecule has 0 aliphatic carbocycles. The largest absolute Gasteiger partial charge is 0.364 e. The summed E-state index contributed by atoms with van der Waals surface area (Å²) in [6.45, 7) is 2.00. The molecule has 0 fully saturated rings. The lowest BCUT2D eigenvalue weighted by Crippen LogP contribution is -2.15. The third-order valence-corrected chi connectivity index (χ3v) is 2.02. The van der Waals surface area contributed by atoms with Gasteiger partial charge in [-0.05, 0) is 6.92 Å². The van der Waals surface area contributed by atoms with Crippen LogP contribution in [-0.4, -0.2) is 25.6 Å². The molecule has 0 saturated carbocycles. The molecule has 0 aromatic carbocycles. The summed E-state index contributed by atoms with van der Waals surface area (Å²) < 4.78 is 1.80. The lowest BCUT2D eigenvalue weighted by molar-refractivity contribution is 0.820. The summed E-state index contributed by atoms with van der Waals surface area (Å²) >= 11 is 0. The van der Waals surface area contributed by atoms with Gasteiger partial charge in [0.25, 0.3) is 0 Å². The van der Waals surface area contributed by atoms with Crippen LogP contribution in [0, 0.1) is 12.3 Å². The molecule has 5 heteroatoms. The molecule has 0 amide bonds. The second kappa shape index (κ2) is 3.96. The first-order valence-electron chi connectivity index (χ1n) is 4.65. The molecule has 2 rings (SSSR count). The molecule has 1 N–H and O–H groups in total. The number of aromatic nitrogens is 4. The summed E-state index contributed by atoms with van der Waals surface area (Å²) in [5.74, 6) is 3.30. The van der Waals surface area contributed by atoms with Gasteiger partial charge in [0.2, 0.25) is 5.65 Å². The Morgan fingerprint density at radius 1 is 1.67 bits per heavy atom. The van der Waals surface area contributed by atoms with Gasteiger partial charge in [-0.1, -0.05) is 0 Å². The van der Waals surface area contributed by atoms with Crippen LogP contribution in [0.25, 0.3) is 5.65 Å². The molecule has 0 bridgehead atoms. The highest BCUT2D eigenvalue weighted by atomic mass is 15.2. The highest BCUT2D eigenvalue weighted by Gasteiger charge is 2.06. The van der Waals surface area contributed by atoms with Crippen molar-refractivity contribution >= 4 is 11.5 Å². The van der Waals surface area contributed by atoms with E-state index in [1.54, 1.807) is 23.1 Å². The summed E-state index contributed by atoms with van der Waals surface area (Å²) in [6.07, 6.45) is 11.0. The summed E-state index contributed by atoms with van der Waals surface area (Å²) in [7, 11) is 0. The van der Waals surface area contributed by atoms with Gasteiger partial charge in [-0.15, -0.1) is 22.5 Å². The standard InChI is InChI=1S/C10H11N5/c1-3-4-8(2)13-9-10-14-12-7-15(10)6-5-11-9/h1,5-8H,4H2,2H3,(H,11,13). The van der Waals surface area contributed by atoms with Crippen LogP contribution in [0.15, 0.2) is 18.7 Å². The second-order valence-electron chi connectivity index (χ2n) is 3.29. The monoisotopic (exact) mass is 201 g/mol. The van der Waals surface area contributed by atoms with Crippen molar-refractivity contribution in [3.8, 4) is 12.3 Å². The molecule has 1 unspecified atom stereocenters. The van der Waals surface area contributed by atoms with Crippen LogP contribution >= 0.6 is 0 Å². The predicted octanol–water partition coefficient (Wildman–Crippen LogP) is 0.948. The maximum Gasteiger partial charge on any atom is 0.203 e. The number of nitrogens with one attached hydrogen (secondary N) is 1. The van der Waals surface area contributed by atoms with Crippen molar-refractivity contribution in [2.45, 2.75) is 19.4 Å². The normalized spacial score (nSPS) is 12.3. The summed E-state index contributed by atoms with van der Waals surface area (Å²) in [5.41, 5.74) is 0.710. The van der Waals surface area contributed by atoms with Gasteiger partial charge in [-0.2, -0.15) is 0 Å². The van der Waals surface area contributed by atoms with E-state index >= 15 is 0 Å². The van der Waals surface area contributed by atoms with Crippen LogP contribution in [0.3, 0.4) is 0 Å². The first-order valence-corrected chi connectivity index (χ1v) is 4.65. The van der Waals surface area contributed by atoms with Gasteiger partial charge >= 0.3 is 0 Å². The minimum absolute atomic E-state index is 0.172. The molecular formula is C10H11N5. The summed E-state index contributed by atoms with van der Waals surface area (Å²) in [5, 5.41) is 11.0. The van der Waals surface area contributed by atoms with Crippen LogP contribution in [-0.2, 0) is 0 Å². The Morgan fingerprint density at radius 2 is 2.53 bits per heavy atom. The van der Waals surface area contributed by atoms with Crippen LogP contribution in [0.1, 0.15) is 13.3 Å². The number of anilines is 1. The minimum atomic E-state index is 0.172. The Kier molecular flexibility index (Phi) is 2.50. The van der Waals surface area contributed by atoms with Gasteiger partial charge < -0.3 is 5.32 Å². The zero-order chi connectivity index (χ0) is 10.7. The molecule has 2 aromatic heterocycles. The Morgan fingerprint density at radius 3 is 3.33 bits per heavy atom. The SMILES string of the molecule is C#CCC(C)Nc1nccn2cnnc12. The van der Waals surface area contributed by atoms with Gasteiger partial charge in [0.1, 0.15) is 6.33 Å². The molecule has 1 atom stereocenters. The van der Waals surface area contributed by atoms with Crippen molar-refractivity contribution in [3.63, 3.8) is 0 Å². The number of rotatable bonds is 3. The van der Waals surface area contributed by atoms with E-state index in [4.69, 9.17) is 6.42 Å². The molecule has 0 saturated heterocycles. The smallest absolute Gasteiger partial charge is 0.203 e. The molecule has 0 radical (unpaired) electrons. The third-order valence-electron chi connectivity index (χ3n) is 2.02. The molecule has 76 valence electrons. The van der Waals surface area contributed by atoms with E-state index < -0.39 is 0 Å². The Labute approximate surface area is 87.6 Å². The van der Waals surface area contributed by atoms with E-state index in [1.807, 2.05) is 6.92 Å². The topological polar surface area (TPSA) is 55.1 Å². The van der Waals surface area contributed by atoms with Crippen molar-refractivity contribution in [2.75, 3.05) is 5.32 Å². The average Bonchev–Trinajstić information content (AvgIpc) is 2.67. The van der Waals surface area contributed by atoms with Gasteiger partial charge in [0.15, 0.2) is 5.82 Å². The van der Waals surface area contributed by atoms with E-state index in [0.29, 0.717) is 17.9 Å². The fourth-order valence-corrected chi connectivity index (χ4v) is 1.32. The summed E-state index contributed by atoms with van der Waals surface area (Å²) in [4.78, 5) is 4.20. The molecule has 0 aliphatic heterocycles. The summed E-state index contributed by atoms with van der Waals surface area (Å²) in [6, 6.07) is 0.172. The van der Waals surface area contributed by atoms with E-state index in [9.17, 15) is 0 Å². The Balaban J connectivity index is 2.28. The fraction of sp³-hybridized carbons (Fsp3) is 0.300. The van der Waals surface area contributed by atoms with E-state index in [1.165, 1.54) is 0 Å². The maximum atomic E-state index is 5.23. The average molecular weight is 201 g/mol. The van der Waals surface area contributed by atoms with E-state index in [0.717, 1.165) is 0 Å².